The van der Waals surface area contributed by atoms with E-state index in [9.17, 15) is 9.59 Å². The topological polar surface area (TPSA) is 67.9 Å². The predicted octanol–water partition coefficient (Wildman–Crippen LogP) is 4.43. The number of hydrogen-bond acceptors (Lipinski definition) is 5. The zero-order chi connectivity index (χ0) is 20.1. The van der Waals surface area contributed by atoms with Gasteiger partial charge in [-0.3, -0.25) is 0 Å². The number of anilines is 1. The molecule has 7 heteroatoms. The first-order valence-corrected chi connectivity index (χ1v) is 10.1. The van der Waals surface area contributed by atoms with Gasteiger partial charge in [0.1, 0.15) is 0 Å². The molecule has 1 aromatic carbocycles. The van der Waals surface area contributed by atoms with Gasteiger partial charge in [0.2, 0.25) is 0 Å². The number of benzene rings is 1. The Kier molecular flexibility index (Phi) is 7.53. The van der Waals surface area contributed by atoms with E-state index < -0.39 is 0 Å². The van der Waals surface area contributed by atoms with E-state index in [0.29, 0.717) is 11.6 Å². The van der Waals surface area contributed by atoms with Crippen LogP contribution in [0.15, 0.2) is 16.6 Å². The Morgan fingerprint density at radius 2 is 1.85 bits per heavy atom. The number of hydrogen-bond donors (Lipinski definition) is 1. The van der Waals surface area contributed by atoms with Crippen molar-refractivity contribution >= 4 is 33.7 Å². The summed E-state index contributed by atoms with van der Waals surface area (Å²) in [5.74, 6) is -0.333. The van der Waals surface area contributed by atoms with Gasteiger partial charge in [-0.05, 0) is 64.2 Å². The third-order valence-electron chi connectivity index (χ3n) is 5.04. The van der Waals surface area contributed by atoms with Crippen LogP contribution in [0.5, 0.6) is 0 Å². The summed E-state index contributed by atoms with van der Waals surface area (Å²) >= 11 is 3.50. The van der Waals surface area contributed by atoms with E-state index in [0.717, 1.165) is 41.4 Å². The molecule has 2 rings (SSSR count). The lowest BCUT2D eigenvalue weighted by molar-refractivity contribution is 0.0599. The summed E-state index contributed by atoms with van der Waals surface area (Å²) in [5, 5.41) is 2.95. The van der Waals surface area contributed by atoms with E-state index in [1.54, 1.807) is 6.07 Å². The molecule has 0 saturated heterocycles. The van der Waals surface area contributed by atoms with Gasteiger partial charge in [-0.1, -0.05) is 15.9 Å². The lowest BCUT2D eigenvalue weighted by atomic mass is 9.89. The van der Waals surface area contributed by atoms with Crippen molar-refractivity contribution in [1.29, 1.82) is 0 Å². The molecular formula is C20H29BrN2O4. The minimum Gasteiger partial charge on any atom is -0.465 e. The van der Waals surface area contributed by atoms with Crippen LogP contribution in [0.1, 0.15) is 55.5 Å². The Balaban J connectivity index is 2.04. The molecule has 0 aliphatic heterocycles. The molecule has 0 unspecified atom stereocenters. The number of carbonyl (C=O) groups excluding carboxylic acids is 2. The van der Waals surface area contributed by atoms with Gasteiger partial charge >= 0.3 is 12.1 Å². The molecule has 0 atom stereocenters. The second kappa shape index (κ2) is 9.44. The van der Waals surface area contributed by atoms with Gasteiger partial charge in [-0.15, -0.1) is 0 Å². The van der Waals surface area contributed by atoms with Crippen molar-refractivity contribution in [2.75, 3.05) is 19.1 Å². The van der Waals surface area contributed by atoms with Crippen LogP contribution < -0.4 is 10.2 Å². The predicted molar refractivity (Wildman–Crippen MR) is 109 cm³/mol. The summed E-state index contributed by atoms with van der Waals surface area (Å²) in [4.78, 5) is 26.1. The molecule has 1 fully saturated rings. The van der Waals surface area contributed by atoms with Gasteiger partial charge in [0, 0.05) is 29.3 Å². The molecule has 1 amide bonds. The standard InChI is InChI=1S/C20H29BrN2O4/c1-12(2)27-20(25)22-15-6-8-16(9-7-15)23(4)18-11-14(21)10-17(13(18)3)19(24)26-5/h10-12,15-16H,6-9H2,1-5H3,(H,22,25). The van der Waals surface area contributed by atoms with Crippen LogP contribution in [-0.4, -0.2) is 44.4 Å². The molecule has 0 radical (unpaired) electrons. The number of nitrogens with zero attached hydrogens (tertiary/aromatic N) is 1. The molecule has 27 heavy (non-hydrogen) atoms. The Labute approximate surface area is 169 Å². The fourth-order valence-electron chi connectivity index (χ4n) is 3.57. The summed E-state index contributed by atoms with van der Waals surface area (Å²) in [5.41, 5.74) is 2.49. The minimum atomic E-state index is -0.340. The lowest BCUT2D eigenvalue weighted by Crippen LogP contribution is -2.43. The lowest BCUT2D eigenvalue weighted by Gasteiger charge is -2.37. The fourth-order valence-corrected chi connectivity index (χ4v) is 4.02. The SMILES string of the molecule is COC(=O)c1cc(Br)cc(N(C)C2CCC(NC(=O)OC(C)C)CC2)c1C. The molecule has 0 aromatic heterocycles. The maximum atomic E-state index is 12.0. The van der Waals surface area contributed by atoms with Crippen molar-refractivity contribution in [1.82, 2.24) is 5.32 Å². The van der Waals surface area contributed by atoms with Crippen molar-refractivity contribution in [3.05, 3.63) is 27.7 Å². The Bertz CT molecular complexity index is 685. The average molecular weight is 441 g/mol. The second-order valence-electron chi connectivity index (χ2n) is 7.30. The monoisotopic (exact) mass is 440 g/mol. The van der Waals surface area contributed by atoms with Crippen LogP contribution in [0.4, 0.5) is 10.5 Å². The molecule has 0 spiro atoms. The number of alkyl carbamates (subject to hydrolysis) is 1. The molecule has 0 bridgehead atoms. The Hall–Kier alpha value is -1.76. The average Bonchev–Trinajstić information content (AvgIpc) is 2.62. The van der Waals surface area contributed by atoms with Crippen LogP contribution in [0, 0.1) is 6.92 Å². The van der Waals surface area contributed by atoms with Crippen molar-refractivity contribution < 1.29 is 19.1 Å². The summed E-state index contributed by atoms with van der Waals surface area (Å²) in [6.45, 7) is 5.63. The normalized spacial score (nSPS) is 19.5. The number of nitrogens with one attached hydrogen (secondary N) is 1. The van der Waals surface area contributed by atoms with Crippen LogP contribution >= 0.6 is 15.9 Å². The first kappa shape index (κ1) is 21.5. The highest BCUT2D eigenvalue weighted by Crippen LogP contribution is 2.32. The summed E-state index contributed by atoms with van der Waals surface area (Å²) in [6, 6.07) is 4.32. The molecule has 1 saturated carbocycles. The van der Waals surface area contributed by atoms with Gasteiger partial charge in [-0.25, -0.2) is 9.59 Å². The quantitative estimate of drug-likeness (QED) is 0.685. The molecule has 1 aliphatic carbocycles. The molecule has 1 aromatic rings. The number of rotatable bonds is 5. The zero-order valence-corrected chi connectivity index (χ0v) is 18.3. The van der Waals surface area contributed by atoms with Crippen LogP contribution in [0.25, 0.3) is 0 Å². The van der Waals surface area contributed by atoms with Crippen LogP contribution in [0.3, 0.4) is 0 Å². The van der Waals surface area contributed by atoms with E-state index in [1.807, 2.05) is 26.8 Å². The highest BCUT2D eigenvalue weighted by atomic mass is 79.9. The summed E-state index contributed by atoms with van der Waals surface area (Å²) in [6.07, 6.45) is 3.27. The van der Waals surface area contributed by atoms with E-state index >= 15 is 0 Å². The third-order valence-corrected chi connectivity index (χ3v) is 5.50. The molecule has 1 aliphatic rings. The van der Waals surface area contributed by atoms with Gasteiger partial charge in [0.15, 0.2) is 0 Å². The zero-order valence-electron chi connectivity index (χ0n) is 16.7. The van der Waals surface area contributed by atoms with Gasteiger partial charge in [0.25, 0.3) is 0 Å². The van der Waals surface area contributed by atoms with E-state index in [1.165, 1.54) is 7.11 Å². The minimum absolute atomic E-state index is 0.115. The Morgan fingerprint density at radius 3 is 2.41 bits per heavy atom. The highest BCUT2D eigenvalue weighted by Gasteiger charge is 2.27. The maximum Gasteiger partial charge on any atom is 0.407 e. The first-order chi connectivity index (χ1) is 12.7. The van der Waals surface area contributed by atoms with E-state index in [2.05, 4.69) is 33.2 Å². The van der Waals surface area contributed by atoms with Crippen LogP contribution in [-0.2, 0) is 9.47 Å². The second-order valence-corrected chi connectivity index (χ2v) is 8.22. The summed E-state index contributed by atoms with van der Waals surface area (Å²) < 4.78 is 10.9. The molecule has 1 N–H and O–H groups in total. The van der Waals surface area contributed by atoms with Crippen molar-refractivity contribution in [3.63, 3.8) is 0 Å². The fraction of sp³-hybridized carbons (Fsp3) is 0.600. The van der Waals surface area contributed by atoms with Gasteiger partial charge in [0.05, 0.1) is 18.8 Å². The number of halogens is 1. The smallest absolute Gasteiger partial charge is 0.407 e. The molecule has 150 valence electrons. The van der Waals surface area contributed by atoms with Gasteiger partial charge < -0.3 is 19.7 Å². The molecular weight excluding hydrogens is 412 g/mol. The van der Waals surface area contributed by atoms with E-state index in [4.69, 9.17) is 9.47 Å². The van der Waals surface area contributed by atoms with Crippen molar-refractivity contribution in [3.8, 4) is 0 Å². The Morgan fingerprint density at radius 1 is 1.22 bits per heavy atom. The van der Waals surface area contributed by atoms with Gasteiger partial charge in [-0.2, -0.15) is 0 Å². The number of carbonyl (C=O) groups is 2. The highest BCUT2D eigenvalue weighted by molar-refractivity contribution is 9.10. The number of ether oxygens (including phenoxy) is 2. The largest absolute Gasteiger partial charge is 0.465 e. The van der Waals surface area contributed by atoms with Crippen molar-refractivity contribution in [2.45, 2.75) is 64.6 Å². The number of amides is 1. The summed E-state index contributed by atoms with van der Waals surface area (Å²) in [7, 11) is 3.45. The molecule has 0 heterocycles. The van der Waals surface area contributed by atoms with Crippen molar-refractivity contribution in [2.24, 2.45) is 0 Å². The molecule has 6 nitrogen and oxygen atoms in total. The van der Waals surface area contributed by atoms with Crippen LogP contribution in [0.2, 0.25) is 0 Å². The van der Waals surface area contributed by atoms with E-state index in [-0.39, 0.29) is 24.2 Å². The number of methoxy groups -OCH3 is 1. The number of esters is 1. The maximum absolute atomic E-state index is 12.0. The third kappa shape index (κ3) is 5.61. The first-order valence-electron chi connectivity index (χ1n) is 9.31.